The molecule has 28 heavy (non-hydrogen) atoms. The SMILES string of the molecule is CCN=C(N)NC(N)=NCCCCCCCCCCN=C(N)NC(N)=NCC. The van der Waals surface area contributed by atoms with Gasteiger partial charge in [-0.1, -0.05) is 38.5 Å². The molecule has 0 aliphatic heterocycles. The number of nitrogens with one attached hydrogen (secondary N) is 2. The molecule has 0 bridgehead atoms. The molecule has 0 aliphatic carbocycles. The van der Waals surface area contributed by atoms with Gasteiger partial charge in [-0.05, 0) is 26.7 Å². The molecule has 10 N–H and O–H groups in total. The predicted molar refractivity (Wildman–Crippen MR) is 121 cm³/mol. The average molecular weight is 397 g/mol. The molecule has 0 amide bonds. The van der Waals surface area contributed by atoms with Crippen molar-refractivity contribution >= 4 is 23.8 Å². The minimum absolute atomic E-state index is 0.308. The van der Waals surface area contributed by atoms with E-state index < -0.39 is 0 Å². The fourth-order valence-corrected chi connectivity index (χ4v) is 2.44. The van der Waals surface area contributed by atoms with Crippen molar-refractivity contribution in [1.29, 1.82) is 0 Å². The fourth-order valence-electron chi connectivity index (χ4n) is 2.44. The zero-order valence-corrected chi connectivity index (χ0v) is 17.6. The van der Waals surface area contributed by atoms with Crippen LogP contribution in [0, 0.1) is 0 Å². The number of guanidine groups is 4. The van der Waals surface area contributed by atoms with Gasteiger partial charge < -0.3 is 22.9 Å². The zero-order chi connectivity index (χ0) is 21.0. The third kappa shape index (κ3) is 16.9. The summed E-state index contributed by atoms with van der Waals surface area (Å²) in [6, 6.07) is 0. The summed E-state index contributed by atoms with van der Waals surface area (Å²) in [5.41, 5.74) is 22.7. The Morgan fingerprint density at radius 1 is 0.500 bits per heavy atom. The van der Waals surface area contributed by atoms with E-state index in [0.717, 1.165) is 25.7 Å². The molecule has 0 spiro atoms. The summed E-state index contributed by atoms with van der Waals surface area (Å²) >= 11 is 0. The molecular weight excluding hydrogens is 356 g/mol. The Morgan fingerprint density at radius 2 is 0.786 bits per heavy atom. The second-order valence-corrected chi connectivity index (χ2v) is 6.33. The number of nitrogens with zero attached hydrogens (tertiary/aromatic N) is 4. The van der Waals surface area contributed by atoms with Crippen LogP contribution in [0.3, 0.4) is 0 Å². The maximum Gasteiger partial charge on any atom is 0.195 e. The van der Waals surface area contributed by atoms with Crippen LogP contribution in [0.25, 0.3) is 0 Å². The summed E-state index contributed by atoms with van der Waals surface area (Å²) in [5, 5.41) is 5.52. The average Bonchev–Trinajstić information content (AvgIpc) is 2.62. The van der Waals surface area contributed by atoms with Crippen LogP contribution in [-0.4, -0.2) is 50.0 Å². The molecule has 162 valence electrons. The van der Waals surface area contributed by atoms with E-state index in [-0.39, 0.29) is 0 Å². The summed E-state index contributed by atoms with van der Waals surface area (Å²) in [6.45, 7) is 6.47. The molecule has 0 saturated carbocycles. The van der Waals surface area contributed by atoms with Crippen LogP contribution in [-0.2, 0) is 0 Å². The number of aliphatic imine (C=N–C) groups is 4. The lowest BCUT2D eigenvalue weighted by Gasteiger charge is -2.05. The van der Waals surface area contributed by atoms with E-state index in [0.29, 0.717) is 50.0 Å². The van der Waals surface area contributed by atoms with Crippen molar-refractivity contribution in [1.82, 2.24) is 10.6 Å². The lowest BCUT2D eigenvalue weighted by Crippen LogP contribution is -2.41. The molecule has 0 atom stereocenters. The third-order valence-corrected chi connectivity index (χ3v) is 3.80. The second-order valence-electron chi connectivity index (χ2n) is 6.33. The van der Waals surface area contributed by atoms with Crippen LogP contribution in [0.5, 0.6) is 0 Å². The Hall–Kier alpha value is -2.52. The summed E-state index contributed by atoms with van der Waals surface area (Å²) in [7, 11) is 0. The smallest absolute Gasteiger partial charge is 0.195 e. The van der Waals surface area contributed by atoms with E-state index in [1.807, 2.05) is 13.8 Å². The van der Waals surface area contributed by atoms with Crippen molar-refractivity contribution in [3.8, 4) is 0 Å². The normalized spacial score (nSPS) is 13.6. The number of nitrogens with two attached hydrogens (primary N) is 4. The van der Waals surface area contributed by atoms with Crippen LogP contribution in [0.15, 0.2) is 20.0 Å². The van der Waals surface area contributed by atoms with Gasteiger partial charge in [0.05, 0.1) is 0 Å². The van der Waals surface area contributed by atoms with E-state index >= 15 is 0 Å². The third-order valence-electron chi connectivity index (χ3n) is 3.80. The summed E-state index contributed by atoms with van der Waals surface area (Å²) in [5.74, 6) is 1.27. The quantitative estimate of drug-likeness (QED) is 0.151. The highest BCUT2D eigenvalue weighted by Gasteiger charge is 1.96. The van der Waals surface area contributed by atoms with Crippen molar-refractivity contribution in [2.75, 3.05) is 26.2 Å². The zero-order valence-electron chi connectivity index (χ0n) is 17.6. The number of rotatable bonds is 13. The van der Waals surface area contributed by atoms with Crippen molar-refractivity contribution in [2.45, 2.75) is 65.2 Å². The van der Waals surface area contributed by atoms with Gasteiger partial charge in [-0.15, -0.1) is 0 Å². The highest BCUT2D eigenvalue weighted by Crippen LogP contribution is 2.08. The van der Waals surface area contributed by atoms with Gasteiger partial charge in [0.15, 0.2) is 23.8 Å². The van der Waals surface area contributed by atoms with E-state index in [9.17, 15) is 0 Å². The van der Waals surface area contributed by atoms with Crippen molar-refractivity contribution in [3.63, 3.8) is 0 Å². The molecule has 0 radical (unpaired) electrons. The highest BCUT2D eigenvalue weighted by molar-refractivity contribution is 5.97. The molecule has 0 saturated heterocycles. The Kier molecular flexibility index (Phi) is 16.3. The first-order valence-corrected chi connectivity index (χ1v) is 10.2. The number of hydrogen-bond donors (Lipinski definition) is 6. The first-order chi connectivity index (χ1) is 13.5. The monoisotopic (exact) mass is 396 g/mol. The highest BCUT2D eigenvalue weighted by atomic mass is 15.2. The van der Waals surface area contributed by atoms with Gasteiger partial charge in [-0.25, -0.2) is 0 Å². The van der Waals surface area contributed by atoms with Crippen molar-refractivity contribution < 1.29 is 0 Å². The topological polar surface area (TPSA) is 178 Å². The first kappa shape index (κ1) is 25.5. The van der Waals surface area contributed by atoms with Gasteiger partial charge >= 0.3 is 0 Å². The molecule has 0 aromatic heterocycles. The molecular formula is C18H40N10. The van der Waals surface area contributed by atoms with Crippen molar-refractivity contribution in [2.24, 2.45) is 42.9 Å². The van der Waals surface area contributed by atoms with Crippen LogP contribution in [0.4, 0.5) is 0 Å². The Labute approximate surface area is 169 Å². The fraction of sp³-hybridized carbons (Fsp3) is 0.778. The second kappa shape index (κ2) is 17.9. The summed E-state index contributed by atoms with van der Waals surface area (Å²) < 4.78 is 0. The Morgan fingerprint density at radius 3 is 1.11 bits per heavy atom. The van der Waals surface area contributed by atoms with Crippen LogP contribution >= 0.6 is 0 Å². The number of unbranched alkanes of at least 4 members (excludes halogenated alkanes) is 7. The molecule has 10 heteroatoms. The van der Waals surface area contributed by atoms with Gasteiger partial charge in [-0.3, -0.25) is 30.6 Å². The standard InChI is InChI=1S/C18H40N10/c1-3-23-15(19)27-17(21)25-13-11-9-7-5-6-8-10-12-14-26-18(22)28-16(20)24-4-2/h3-14H2,1-2H3,(H5,19,21,23,25,27)(H5,20,22,24,26,28). The van der Waals surface area contributed by atoms with Gasteiger partial charge in [0.2, 0.25) is 0 Å². The van der Waals surface area contributed by atoms with Crippen LogP contribution < -0.4 is 33.6 Å². The first-order valence-electron chi connectivity index (χ1n) is 10.2. The lowest BCUT2D eigenvalue weighted by atomic mass is 10.1. The molecule has 10 nitrogen and oxygen atoms in total. The minimum Gasteiger partial charge on any atom is -0.370 e. The van der Waals surface area contributed by atoms with E-state index in [1.165, 1.54) is 25.7 Å². The van der Waals surface area contributed by atoms with Gasteiger partial charge in [0.1, 0.15) is 0 Å². The predicted octanol–water partition coefficient (Wildman–Crippen LogP) is 0.585. The molecule has 0 heterocycles. The number of hydrogen-bond acceptors (Lipinski definition) is 4. The summed E-state index contributed by atoms with van der Waals surface area (Å²) in [6.07, 6.45) is 9.28. The molecule has 0 aromatic rings. The van der Waals surface area contributed by atoms with Crippen molar-refractivity contribution in [3.05, 3.63) is 0 Å². The molecule has 0 fully saturated rings. The van der Waals surface area contributed by atoms with E-state index in [2.05, 4.69) is 30.6 Å². The maximum atomic E-state index is 5.73. The molecule has 0 aliphatic rings. The molecule has 0 rings (SSSR count). The van der Waals surface area contributed by atoms with Gasteiger partial charge in [0.25, 0.3) is 0 Å². The molecule has 0 unspecified atom stereocenters. The lowest BCUT2D eigenvalue weighted by molar-refractivity contribution is 0.572. The minimum atomic E-state index is 0.308. The van der Waals surface area contributed by atoms with E-state index in [4.69, 9.17) is 22.9 Å². The van der Waals surface area contributed by atoms with E-state index in [1.54, 1.807) is 0 Å². The maximum absolute atomic E-state index is 5.73. The Balaban J connectivity index is 3.53. The van der Waals surface area contributed by atoms with Gasteiger partial charge in [0, 0.05) is 26.2 Å². The van der Waals surface area contributed by atoms with Crippen LogP contribution in [0.1, 0.15) is 65.2 Å². The largest absolute Gasteiger partial charge is 0.370 e. The van der Waals surface area contributed by atoms with Crippen LogP contribution in [0.2, 0.25) is 0 Å². The molecule has 0 aromatic carbocycles. The Bertz CT molecular complexity index is 464. The van der Waals surface area contributed by atoms with Gasteiger partial charge in [-0.2, -0.15) is 0 Å². The summed E-state index contributed by atoms with van der Waals surface area (Å²) in [4.78, 5) is 16.5.